The fourth-order valence-electron chi connectivity index (χ4n) is 4.60. The Bertz CT molecular complexity index is 1200. The van der Waals surface area contributed by atoms with E-state index in [1.807, 2.05) is 54.6 Å². The number of nitrogens with one attached hydrogen (secondary N) is 2. The van der Waals surface area contributed by atoms with Crippen LogP contribution in [0, 0.1) is 0 Å². The van der Waals surface area contributed by atoms with E-state index >= 15 is 0 Å². The van der Waals surface area contributed by atoms with E-state index in [0.29, 0.717) is 12.2 Å². The number of Topliss-reactive ketones (excluding diaryl/α,β-unsaturated/α-hetero) is 1. The van der Waals surface area contributed by atoms with Crippen LogP contribution in [0.5, 0.6) is 5.75 Å². The Morgan fingerprint density at radius 3 is 2.25 bits per heavy atom. The van der Waals surface area contributed by atoms with Gasteiger partial charge in [-0.25, -0.2) is 0 Å². The van der Waals surface area contributed by atoms with Gasteiger partial charge in [0.25, 0.3) is 0 Å². The molecule has 1 heterocycles. The van der Waals surface area contributed by atoms with Gasteiger partial charge in [-0.3, -0.25) is 9.59 Å². The highest BCUT2D eigenvalue weighted by Crippen LogP contribution is 2.44. The fraction of sp³-hybridized carbons (Fsp3) is 0.185. The van der Waals surface area contributed by atoms with Crippen molar-refractivity contribution in [3.63, 3.8) is 0 Å². The van der Waals surface area contributed by atoms with Crippen molar-refractivity contribution in [2.75, 3.05) is 10.6 Å². The summed E-state index contributed by atoms with van der Waals surface area (Å²) in [7, 11) is 0. The first-order chi connectivity index (χ1) is 15.6. The van der Waals surface area contributed by atoms with Gasteiger partial charge in [0.05, 0.1) is 17.4 Å². The van der Waals surface area contributed by atoms with E-state index in [-0.39, 0.29) is 23.7 Å². The highest BCUT2D eigenvalue weighted by atomic mass is 16.5. The smallest absolute Gasteiger partial charge is 0.308 e. The molecule has 0 radical (unpaired) electrons. The summed E-state index contributed by atoms with van der Waals surface area (Å²) in [5.74, 6) is 0.416. The Morgan fingerprint density at radius 1 is 0.844 bits per heavy atom. The van der Waals surface area contributed by atoms with Crippen molar-refractivity contribution >= 4 is 23.1 Å². The lowest BCUT2D eigenvalue weighted by molar-refractivity contribution is -0.131. The summed E-state index contributed by atoms with van der Waals surface area (Å²) >= 11 is 0. The largest absolute Gasteiger partial charge is 0.427 e. The molecule has 0 saturated heterocycles. The van der Waals surface area contributed by atoms with Crippen molar-refractivity contribution in [1.82, 2.24) is 0 Å². The third-order valence-electron chi connectivity index (χ3n) is 6.05. The Morgan fingerprint density at radius 2 is 1.53 bits per heavy atom. The molecule has 160 valence electrons. The van der Waals surface area contributed by atoms with Gasteiger partial charge in [-0.05, 0) is 47.7 Å². The Hall–Kier alpha value is -3.86. The zero-order chi connectivity index (χ0) is 22.1. The van der Waals surface area contributed by atoms with Gasteiger partial charge in [-0.15, -0.1) is 0 Å². The lowest BCUT2D eigenvalue weighted by Crippen LogP contribution is -2.26. The van der Waals surface area contributed by atoms with Gasteiger partial charge >= 0.3 is 5.97 Å². The summed E-state index contributed by atoms with van der Waals surface area (Å²) in [6, 6.07) is 25.3. The molecule has 2 N–H and O–H groups in total. The van der Waals surface area contributed by atoms with E-state index in [1.54, 1.807) is 12.1 Å². The van der Waals surface area contributed by atoms with Gasteiger partial charge in [0.2, 0.25) is 0 Å². The van der Waals surface area contributed by atoms with Crippen LogP contribution in [0.3, 0.4) is 0 Å². The average molecular weight is 425 g/mol. The molecule has 5 rings (SSSR count). The maximum absolute atomic E-state index is 13.5. The minimum atomic E-state index is -0.358. The first kappa shape index (κ1) is 20.1. The number of benzene rings is 3. The topological polar surface area (TPSA) is 67.4 Å². The summed E-state index contributed by atoms with van der Waals surface area (Å²) in [4.78, 5) is 24.8. The molecule has 1 aliphatic heterocycles. The van der Waals surface area contributed by atoms with Crippen LogP contribution < -0.4 is 15.4 Å². The number of allylic oxidation sites excluding steroid dienone is 1. The normalized spacial score (nSPS) is 19.7. The second kappa shape index (κ2) is 8.35. The second-order valence-corrected chi connectivity index (χ2v) is 8.24. The number of hydrogen-bond donors (Lipinski definition) is 2. The number of fused-ring (bicyclic) bond motifs is 1. The van der Waals surface area contributed by atoms with Gasteiger partial charge in [0.15, 0.2) is 5.78 Å². The molecule has 0 unspecified atom stereocenters. The third kappa shape index (κ3) is 3.89. The Labute approximate surface area is 187 Å². The first-order valence-electron chi connectivity index (χ1n) is 10.8. The highest BCUT2D eigenvalue weighted by molar-refractivity contribution is 6.01. The molecule has 0 bridgehead atoms. The number of hydrogen-bond acceptors (Lipinski definition) is 5. The molecule has 5 heteroatoms. The molecule has 0 fully saturated rings. The SMILES string of the molecule is CC(=O)Oc1ccc([C@@H]2Nc3ccccc3NC3=C2C(=O)C[C@H](c2ccccc2)C3)cc1. The summed E-state index contributed by atoms with van der Waals surface area (Å²) in [5.41, 5.74) is 5.76. The Kier molecular flexibility index (Phi) is 5.23. The van der Waals surface area contributed by atoms with Crippen molar-refractivity contribution in [3.8, 4) is 5.75 Å². The zero-order valence-electron chi connectivity index (χ0n) is 17.8. The maximum atomic E-state index is 13.5. The molecule has 3 aromatic carbocycles. The molecule has 0 amide bonds. The van der Waals surface area contributed by atoms with E-state index < -0.39 is 0 Å². The van der Waals surface area contributed by atoms with Crippen molar-refractivity contribution < 1.29 is 14.3 Å². The summed E-state index contributed by atoms with van der Waals surface area (Å²) in [5, 5.41) is 7.13. The molecule has 0 spiro atoms. The molecule has 0 saturated carbocycles. The predicted molar refractivity (Wildman–Crippen MR) is 125 cm³/mol. The van der Waals surface area contributed by atoms with Gasteiger partial charge in [0, 0.05) is 24.6 Å². The van der Waals surface area contributed by atoms with Crippen molar-refractivity contribution in [2.24, 2.45) is 0 Å². The number of ether oxygens (including phenoxy) is 1. The van der Waals surface area contributed by atoms with Crippen molar-refractivity contribution in [1.29, 1.82) is 0 Å². The van der Waals surface area contributed by atoms with Crippen LogP contribution >= 0.6 is 0 Å². The van der Waals surface area contributed by atoms with E-state index in [9.17, 15) is 9.59 Å². The van der Waals surface area contributed by atoms with Crippen LogP contribution in [0.25, 0.3) is 0 Å². The molecule has 32 heavy (non-hydrogen) atoms. The number of anilines is 2. The molecular weight excluding hydrogens is 400 g/mol. The van der Waals surface area contributed by atoms with E-state index in [0.717, 1.165) is 34.6 Å². The standard InChI is InChI=1S/C27H24N2O3/c1-17(30)32-21-13-11-19(12-14-21)27-26-24(28-22-9-5-6-10-23(22)29-27)15-20(16-25(26)31)18-7-3-2-4-8-18/h2-14,20,27-29H,15-16H2,1H3/t20-,27+/m1/s1. The van der Waals surface area contributed by atoms with Crippen LogP contribution in [-0.4, -0.2) is 11.8 Å². The Balaban J connectivity index is 1.56. The van der Waals surface area contributed by atoms with Crippen molar-refractivity contribution in [2.45, 2.75) is 31.7 Å². The third-order valence-corrected chi connectivity index (χ3v) is 6.05. The van der Waals surface area contributed by atoms with Crippen LogP contribution in [-0.2, 0) is 9.59 Å². The number of ketones is 1. The van der Waals surface area contributed by atoms with Crippen LogP contribution in [0.15, 0.2) is 90.1 Å². The van der Waals surface area contributed by atoms with Gasteiger partial charge in [-0.2, -0.15) is 0 Å². The fourth-order valence-corrected chi connectivity index (χ4v) is 4.60. The minimum absolute atomic E-state index is 0.141. The van der Waals surface area contributed by atoms with Gasteiger partial charge in [-0.1, -0.05) is 54.6 Å². The van der Waals surface area contributed by atoms with E-state index in [1.165, 1.54) is 12.5 Å². The molecular formula is C27H24N2O3. The highest BCUT2D eigenvalue weighted by Gasteiger charge is 2.36. The number of carbonyl (C=O) groups excluding carboxylic acids is 2. The van der Waals surface area contributed by atoms with Gasteiger partial charge in [0.1, 0.15) is 5.75 Å². The number of carbonyl (C=O) groups is 2. The quantitative estimate of drug-likeness (QED) is 0.424. The molecule has 2 aliphatic rings. The summed E-state index contributed by atoms with van der Waals surface area (Å²) in [6.07, 6.45) is 1.24. The summed E-state index contributed by atoms with van der Waals surface area (Å²) in [6.45, 7) is 1.38. The van der Waals surface area contributed by atoms with Crippen LogP contribution in [0.2, 0.25) is 0 Å². The molecule has 1 aliphatic carbocycles. The first-order valence-corrected chi connectivity index (χ1v) is 10.8. The second-order valence-electron chi connectivity index (χ2n) is 8.24. The number of rotatable bonds is 3. The van der Waals surface area contributed by atoms with Crippen LogP contribution in [0.1, 0.15) is 42.9 Å². The molecule has 2 atom stereocenters. The van der Waals surface area contributed by atoms with E-state index in [2.05, 4.69) is 22.8 Å². The monoisotopic (exact) mass is 424 g/mol. The maximum Gasteiger partial charge on any atom is 0.308 e. The lowest BCUT2D eigenvalue weighted by Gasteiger charge is -2.30. The minimum Gasteiger partial charge on any atom is -0.427 e. The zero-order valence-corrected chi connectivity index (χ0v) is 17.8. The molecule has 3 aromatic rings. The summed E-state index contributed by atoms with van der Waals surface area (Å²) < 4.78 is 5.18. The number of para-hydroxylation sites is 2. The van der Waals surface area contributed by atoms with Crippen molar-refractivity contribution in [3.05, 3.63) is 101 Å². The number of esters is 1. The predicted octanol–water partition coefficient (Wildman–Crippen LogP) is 5.59. The van der Waals surface area contributed by atoms with Gasteiger partial charge < -0.3 is 15.4 Å². The lowest BCUT2D eigenvalue weighted by atomic mass is 9.78. The van der Waals surface area contributed by atoms with E-state index in [4.69, 9.17) is 4.74 Å². The molecule has 0 aromatic heterocycles. The average Bonchev–Trinajstić information content (AvgIpc) is 2.97. The molecule has 5 nitrogen and oxygen atoms in total. The van der Waals surface area contributed by atoms with Crippen LogP contribution in [0.4, 0.5) is 11.4 Å².